The van der Waals surface area contributed by atoms with E-state index in [1.54, 1.807) is 11.8 Å². The van der Waals surface area contributed by atoms with Crippen molar-refractivity contribution in [2.75, 3.05) is 19.3 Å². The Bertz CT molecular complexity index is 764. The first-order valence-corrected chi connectivity index (χ1v) is 10.2. The molecule has 0 radical (unpaired) electrons. The quantitative estimate of drug-likeness (QED) is 0.763. The molecular weight excluding hydrogens is 344 g/mol. The summed E-state index contributed by atoms with van der Waals surface area (Å²) in [5.41, 5.74) is 1.97. The molecule has 3 rings (SSSR count). The molecule has 2 aromatic carbocycles. The van der Waals surface area contributed by atoms with Crippen molar-refractivity contribution in [1.29, 1.82) is 0 Å². The summed E-state index contributed by atoms with van der Waals surface area (Å²) in [7, 11) is 0. The SMILES string of the molecule is CSc1ccccc1C(=O)N[C@H]1CC(=O)N(CCCc2ccccc2)C1. The van der Waals surface area contributed by atoms with Crippen LogP contribution in [0.1, 0.15) is 28.8 Å². The largest absolute Gasteiger partial charge is 0.347 e. The van der Waals surface area contributed by atoms with Crippen molar-refractivity contribution >= 4 is 23.6 Å². The lowest BCUT2D eigenvalue weighted by Crippen LogP contribution is -2.37. The van der Waals surface area contributed by atoms with E-state index in [-0.39, 0.29) is 17.9 Å². The molecule has 136 valence electrons. The Morgan fingerprint density at radius 1 is 1.15 bits per heavy atom. The molecule has 1 aliphatic rings. The normalized spacial score (nSPS) is 16.7. The van der Waals surface area contributed by atoms with E-state index >= 15 is 0 Å². The van der Waals surface area contributed by atoms with E-state index in [1.807, 2.05) is 53.6 Å². The molecule has 26 heavy (non-hydrogen) atoms. The topological polar surface area (TPSA) is 49.4 Å². The number of hydrogen-bond donors (Lipinski definition) is 1. The minimum atomic E-state index is -0.110. The fraction of sp³-hybridized carbons (Fsp3) is 0.333. The Morgan fingerprint density at radius 3 is 2.65 bits per heavy atom. The van der Waals surface area contributed by atoms with E-state index in [4.69, 9.17) is 0 Å². The van der Waals surface area contributed by atoms with Gasteiger partial charge in [0.25, 0.3) is 5.91 Å². The molecule has 0 bridgehead atoms. The Labute approximate surface area is 159 Å². The highest BCUT2D eigenvalue weighted by Gasteiger charge is 2.30. The lowest BCUT2D eigenvalue weighted by molar-refractivity contribution is -0.127. The van der Waals surface area contributed by atoms with Crippen LogP contribution in [0.25, 0.3) is 0 Å². The molecule has 1 N–H and O–H groups in total. The standard InChI is InChI=1S/C21H24N2O2S/c1-26-19-12-6-5-11-18(19)21(25)22-17-14-20(24)23(15-17)13-7-10-16-8-3-2-4-9-16/h2-6,8-9,11-12,17H,7,10,13-15H2,1H3,(H,22,25)/t17-/m0/s1. The third-order valence-electron chi connectivity index (χ3n) is 4.64. The van der Waals surface area contributed by atoms with Gasteiger partial charge in [0.1, 0.15) is 0 Å². The number of nitrogens with one attached hydrogen (secondary N) is 1. The summed E-state index contributed by atoms with van der Waals surface area (Å²) >= 11 is 1.55. The third kappa shape index (κ3) is 4.67. The van der Waals surface area contributed by atoms with Gasteiger partial charge in [-0.3, -0.25) is 9.59 Å². The number of carbonyl (C=O) groups is 2. The van der Waals surface area contributed by atoms with E-state index in [1.165, 1.54) is 5.56 Å². The molecule has 1 aliphatic heterocycles. The van der Waals surface area contributed by atoms with Gasteiger partial charge in [-0.15, -0.1) is 11.8 Å². The molecule has 2 aromatic rings. The summed E-state index contributed by atoms with van der Waals surface area (Å²) in [4.78, 5) is 27.6. The van der Waals surface area contributed by atoms with Crippen LogP contribution >= 0.6 is 11.8 Å². The van der Waals surface area contributed by atoms with E-state index in [2.05, 4.69) is 17.4 Å². The maximum atomic E-state index is 12.5. The number of rotatable bonds is 7. The van der Waals surface area contributed by atoms with Gasteiger partial charge in [0, 0.05) is 24.4 Å². The second kappa shape index (κ2) is 8.90. The van der Waals surface area contributed by atoms with Crippen molar-refractivity contribution in [2.45, 2.75) is 30.2 Å². The van der Waals surface area contributed by atoms with Crippen LogP contribution in [0.15, 0.2) is 59.5 Å². The summed E-state index contributed by atoms with van der Waals surface area (Å²) in [5.74, 6) is 0.0281. The lowest BCUT2D eigenvalue weighted by Gasteiger charge is -2.17. The van der Waals surface area contributed by atoms with Gasteiger partial charge in [0.15, 0.2) is 0 Å². The van der Waals surface area contributed by atoms with E-state index in [0.29, 0.717) is 18.5 Å². The summed E-state index contributed by atoms with van der Waals surface area (Å²) in [6.45, 7) is 1.34. The van der Waals surface area contributed by atoms with Crippen molar-refractivity contribution in [1.82, 2.24) is 10.2 Å². The van der Waals surface area contributed by atoms with Gasteiger partial charge in [0.2, 0.25) is 5.91 Å². The second-order valence-corrected chi connectivity index (χ2v) is 7.35. The minimum Gasteiger partial charge on any atom is -0.347 e. The smallest absolute Gasteiger partial charge is 0.252 e. The van der Waals surface area contributed by atoms with Crippen LogP contribution in [0, 0.1) is 0 Å². The summed E-state index contributed by atoms with van der Waals surface area (Å²) in [6, 6.07) is 17.8. The number of hydrogen-bond acceptors (Lipinski definition) is 3. The number of likely N-dealkylation sites (tertiary alicyclic amines) is 1. The molecular formula is C21H24N2O2S. The van der Waals surface area contributed by atoms with Crippen LogP contribution in [0.3, 0.4) is 0 Å². The second-order valence-electron chi connectivity index (χ2n) is 6.50. The van der Waals surface area contributed by atoms with Crippen LogP contribution < -0.4 is 5.32 Å². The minimum absolute atomic E-state index is 0.0983. The van der Waals surface area contributed by atoms with Crippen molar-refractivity contribution in [3.63, 3.8) is 0 Å². The molecule has 2 amide bonds. The Balaban J connectivity index is 1.50. The average molecular weight is 369 g/mol. The first-order valence-electron chi connectivity index (χ1n) is 8.93. The zero-order valence-corrected chi connectivity index (χ0v) is 15.8. The van der Waals surface area contributed by atoms with Gasteiger partial charge in [-0.05, 0) is 36.8 Å². The zero-order valence-electron chi connectivity index (χ0n) is 15.0. The maximum Gasteiger partial charge on any atom is 0.252 e. The predicted molar refractivity (Wildman–Crippen MR) is 105 cm³/mol. The van der Waals surface area contributed by atoms with Gasteiger partial charge in [-0.2, -0.15) is 0 Å². The van der Waals surface area contributed by atoms with Crippen LogP contribution in [0.4, 0.5) is 0 Å². The Morgan fingerprint density at radius 2 is 1.88 bits per heavy atom. The van der Waals surface area contributed by atoms with Gasteiger partial charge >= 0.3 is 0 Å². The van der Waals surface area contributed by atoms with Gasteiger partial charge in [-0.25, -0.2) is 0 Å². The third-order valence-corrected chi connectivity index (χ3v) is 5.43. The van der Waals surface area contributed by atoms with Crippen molar-refractivity contribution in [3.05, 3.63) is 65.7 Å². The summed E-state index contributed by atoms with van der Waals surface area (Å²) < 4.78 is 0. The maximum absolute atomic E-state index is 12.5. The molecule has 0 saturated carbocycles. The Kier molecular flexibility index (Phi) is 6.34. The van der Waals surface area contributed by atoms with Crippen molar-refractivity contribution in [3.8, 4) is 0 Å². The average Bonchev–Trinajstić information content (AvgIpc) is 3.01. The number of amides is 2. The molecule has 1 atom stereocenters. The molecule has 0 aliphatic carbocycles. The monoisotopic (exact) mass is 368 g/mol. The summed E-state index contributed by atoms with van der Waals surface area (Å²) in [5, 5.41) is 3.02. The first-order chi connectivity index (χ1) is 12.7. The summed E-state index contributed by atoms with van der Waals surface area (Å²) in [6.07, 6.45) is 4.24. The van der Waals surface area contributed by atoms with E-state index < -0.39 is 0 Å². The molecule has 4 nitrogen and oxygen atoms in total. The molecule has 1 saturated heterocycles. The highest BCUT2D eigenvalue weighted by Crippen LogP contribution is 2.20. The number of aryl methyl sites for hydroxylation is 1. The highest BCUT2D eigenvalue weighted by atomic mass is 32.2. The molecule has 1 heterocycles. The number of thioether (sulfide) groups is 1. The predicted octanol–water partition coefficient (Wildman–Crippen LogP) is 3.37. The van der Waals surface area contributed by atoms with Crippen molar-refractivity contribution in [2.24, 2.45) is 0 Å². The molecule has 0 spiro atoms. The Hall–Kier alpha value is -2.27. The lowest BCUT2D eigenvalue weighted by atomic mass is 10.1. The highest BCUT2D eigenvalue weighted by molar-refractivity contribution is 7.98. The number of benzene rings is 2. The van der Waals surface area contributed by atoms with Crippen LogP contribution in [-0.2, 0) is 11.2 Å². The molecule has 0 unspecified atom stereocenters. The number of carbonyl (C=O) groups excluding carboxylic acids is 2. The molecule has 0 aromatic heterocycles. The fourth-order valence-electron chi connectivity index (χ4n) is 3.30. The van der Waals surface area contributed by atoms with Crippen molar-refractivity contribution < 1.29 is 9.59 Å². The van der Waals surface area contributed by atoms with Crippen LogP contribution in [-0.4, -0.2) is 42.1 Å². The zero-order chi connectivity index (χ0) is 18.4. The van der Waals surface area contributed by atoms with Crippen LogP contribution in [0.5, 0.6) is 0 Å². The molecule has 1 fully saturated rings. The van der Waals surface area contributed by atoms with Gasteiger partial charge in [-0.1, -0.05) is 42.5 Å². The van der Waals surface area contributed by atoms with Crippen LogP contribution in [0.2, 0.25) is 0 Å². The first kappa shape index (κ1) is 18.5. The van der Waals surface area contributed by atoms with E-state index in [9.17, 15) is 9.59 Å². The fourth-order valence-corrected chi connectivity index (χ4v) is 3.89. The van der Waals surface area contributed by atoms with Gasteiger partial charge in [0.05, 0.1) is 11.6 Å². The molecule has 5 heteroatoms. The van der Waals surface area contributed by atoms with Gasteiger partial charge < -0.3 is 10.2 Å². The number of nitrogens with zero attached hydrogens (tertiary/aromatic N) is 1. The van der Waals surface area contributed by atoms with E-state index in [0.717, 1.165) is 24.3 Å².